The van der Waals surface area contributed by atoms with Crippen LogP contribution in [0, 0.1) is 27.3 Å². The summed E-state index contributed by atoms with van der Waals surface area (Å²) >= 11 is 5.42. The number of hydrogen-bond donors (Lipinski definition) is 4. The van der Waals surface area contributed by atoms with Gasteiger partial charge in [-0.05, 0) is 17.7 Å². The second-order valence-electron chi connectivity index (χ2n) is 6.41. The van der Waals surface area contributed by atoms with Crippen LogP contribution in [0.4, 0.5) is 5.82 Å². The van der Waals surface area contributed by atoms with E-state index in [1.807, 2.05) is 12.1 Å². The maximum atomic E-state index is 10.3. The standard InChI is InChI=1S/C19H18N4O5S/c1-27-10-4-2-9(3-5-10)14-11(6-20)17(22)23(19(29)12(14)7-21)18-16(26)15(25)13(24)8-28-18/h2-5,13,15-16,18,24-26H,8,22H2,1H3/t13-,15-,16-,18+/m1/s1. The maximum absolute atomic E-state index is 10.3. The molecule has 0 amide bonds. The fourth-order valence-electron chi connectivity index (χ4n) is 3.24. The summed E-state index contributed by atoms with van der Waals surface area (Å²) in [6.45, 7) is -0.284. The molecule has 0 bridgehead atoms. The Morgan fingerprint density at radius 3 is 2.31 bits per heavy atom. The van der Waals surface area contributed by atoms with Gasteiger partial charge >= 0.3 is 0 Å². The van der Waals surface area contributed by atoms with Crippen LogP contribution in [0.5, 0.6) is 5.75 Å². The molecule has 0 radical (unpaired) electrons. The van der Waals surface area contributed by atoms with Crippen molar-refractivity contribution in [3.05, 3.63) is 40.0 Å². The maximum Gasteiger partial charge on any atom is 0.165 e. The van der Waals surface area contributed by atoms with E-state index in [4.69, 9.17) is 27.4 Å². The summed E-state index contributed by atoms with van der Waals surface area (Å²) in [5, 5.41) is 49.5. The lowest BCUT2D eigenvalue weighted by atomic mass is 9.95. The van der Waals surface area contributed by atoms with E-state index in [1.165, 1.54) is 7.11 Å². The van der Waals surface area contributed by atoms with Gasteiger partial charge in [0.05, 0.1) is 19.3 Å². The zero-order valence-electron chi connectivity index (χ0n) is 15.3. The Balaban J connectivity index is 2.26. The quantitative estimate of drug-likeness (QED) is 0.534. The van der Waals surface area contributed by atoms with E-state index in [2.05, 4.69) is 0 Å². The van der Waals surface area contributed by atoms with Gasteiger partial charge in [-0.3, -0.25) is 4.57 Å². The van der Waals surface area contributed by atoms with Crippen LogP contribution in [0.3, 0.4) is 0 Å². The van der Waals surface area contributed by atoms with Crippen LogP contribution in [0.1, 0.15) is 17.4 Å². The molecule has 0 saturated carbocycles. The molecule has 9 nitrogen and oxygen atoms in total. The van der Waals surface area contributed by atoms with Gasteiger partial charge in [0.15, 0.2) is 6.23 Å². The molecule has 29 heavy (non-hydrogen) atoms. The van der Waals surface area contributed by atoms with E-state index in [1.54, 1.807) is 24.3 Å². The first-order valence-corrected chi connectivity index (χ1v) is 8.94. The van der Waals surface area contributed by atoms with Crippen molar-refractivity contribution >= 4 is 18.0 Å². The largest absolute Gasteiger partial charge is 0.497 e. The van der Waals surface area contributed by atoms with Crippen molar-refractivity contribution in [2.45, 2.75) is 24.5 Å². The number of nitrogen functional groups attached to an aromatic ring is 1. The van der Waals surface area contributed by atoms with Crippen molar-refractivity contribution in [1.82, 2.24) is 4.57 Å². The summed E-state index contributed by atoms with van der Waals surface area (Å²) in [7, 11) is 1.52. The van der Waals surface area contributed by atoms with Gasteiger partial charge in [0.1, 0.15) is 52.2 Å². The highest BCUT2D eigenvalue weighted by Crippen LogP contribution is 2.36. The molecule has 3 rings (SSSR count). The molecule has 1 aliphatic rings. The molecular formula is C19H18N4O5S. The van der Waals surface area contributed by atoms with Crippen molar-refractivity contribution in [1.29, 1.82) is 10.5 Å². The van der Waals surface area contributed by atoms with Crippen LogP contribution < -0.4 is 10.5 Å². The molecule has 5 N–H and O–H groups in total. The normalized spacial score (nSPS) is 23.8. The fraction of sp³-hybridized carbons (Fsp3) is 0.316. The zero-order chi connectivity index (χ0) is 21.3. The molecule has 1 aliphatic heterocycles. The van der Waals surface area contributed by atoms with E-state index in [0.29, 0.717) is 11.3 Å². The minimum Gasteiger partial charge on any atom is -0.497 e. The number of anilines is 1. The lowest BCUT2D eigenvalue weighted by molar-refractivity contribution is -0.210. The summed E-state index contributed by atoms with van der Waals surface area (Å²) in [6, 6.07) is 10.7. The van der Waals surface area contributed by atoms with E-state index in [-0.39, 0.29) is 33.8 Å². The number of aliphatic hydroxyl groups is 3. The van der Waals surface area contributed by atoms with Gasteiger partial charge in [-0.1, -0.05) is 24.4 Å². The number of rotatable bonds is 3. The Bertz CT molecular complexity index is 1070. The third-order valence-electron chi connectivity index (χ3n) is 4.78. The summed E-state index contributed by atoms with van der Waals surface area (Å²) in [5.74, 6) is 0.463. The SMILES string of the molecule is COc1ccc(-c2c(C#N)c(N)n([C@H]3OC[C@@H](O)[C@@H](O)[C@H]3O)c(=S)c2C#N)cc1. The fourth-order valence-corrected chi connectivity index (χ4v) is 3.59. The number of nitrogens with two attached hydrogens (primary N) is 1. The van der Waals surface area contributed by atoms with Crippen LogP contribution in [0.15, 0.2) is 24.3 Å². The number of benzene rings is 1. The Hall–Kier alpha value is -2.99. The first kappa shape index (κ1) is 20.7. The van der Waals surface area contributed by atoms with Crippen molar-refractivity contribution in [3.8, 4) is 29.0 Å². The molecule has 1 aromatic heterocycles. The monoisotopic (exact) mass is 414 g/mol. The topological polar surface area (TPSA) is 158 Å². The number of ether oxygens (including phenoxy) is 2. The predicted molar refractivity (Wildman–Crippen MR) is 104 cm³/mol. The molecule has 150 valence electrons. The minimum atomic E-state index is -1.57. The number of aliphatic hydroxyl groups excluding tert-OH is 3. The molecule has 0 unspecified atom stereocenters. The molecule has 2 heterocycles. The van der Waals surface area contributed by atoms with Crippen molar-refractivity contribution in [2.24, 2.45) is 0 Å². The third kappa shape index (κ3) is 3.44. The van der Waals surface area contributed by atoms with E-state index >= 15 is 0 Å². The average molecular weight is 414 g/mol. The van der Waals surface area contributed by atoms with Crippen LogP contribution >= 0.6 is 12.2 Å². The molecule has 1 saturated heterocycles. The van der Waals surface area contributed by atoms with Crippen molar-refractivity contribution in [3.63, 3.8) is 0 Å². The molecular weight excluding hydrogens is 396 g/mol. The van der Waals surface area contributed by atoms with Crippen molar-refractivity contribution < 1.29 is 24.8 Å². The van der Waals surface area contributed by atoms with E-state index < -0.39 is 24.5 Å². The van der Waals surface area contributed by atoms with Crippen LogP contribution in [0.2, 0.25) is 0 Å². The molecule has 1 aromatic carbocycles. The molecule has 1 fully saturated rings. The molecule has 4 atom stereocenters. The van der Waals surface area contributed by atoms with E-state index in [9.17, 15) is 25.8 Å². The molecule has 0 spiro atoms. The predicted octanol–water partition coefficient (Wildman–Crippen LogP) is 0.830. The van der Waals surface area contributed by atoms with Gasteiger partial charge in [-0.25, -0.2) is 0 Å². The second kappa shape index (κ2) is 8.17. The lowest BCUT2D eigenvalue weighted by Gasteiger charge is -2.37. The van der Waals surface area contributed by atoms with Gasteiger partial charge in [-0.15, -0.1) is 0 Å². The van der Waals surface area contributed by atoms with Crippen LogP contribution in [0.25, 0.3) is 11.1 Å². The van der Waals surface area contributed by atoms with Gasteiger partial charge in [0.25, 0.3) is 0 Å². The zero-order valence-corrected chi connectivity index (χ0v) is 16.1. The van der Waals surface area contributed by atoms with Gasteiger partial charge < -0.3 is 30.5 Å². The van der Waals surface area contributed by atoms with Gasteiger partial charge in [-0.2, -0.15) is 10.5 Å². The highest BCUT2D eigenvalue weighted by Gasteiger charge is 2.40. The number of aromatic nitrogens is 1. The number of nitriles is 2. The van der Waals surface area contributed by atoms with E-state index in [0.717, 1.165) is 4.57 Å². The summed E-state index contributed by atoms with van der Waals surface area (Å²) in [5.41, 5.74) is 6.94. The van der Waals surface area contributed by atoms with Crippen LogP contribution in [-0.2, 0) is 4.74 Å². The summed E-state index contributed by atoms with van der Waals surface area (Å²) < 4.78 is 11.6. The highest BCUT2D eigenvalue weighted by molar-refractivity contribution is 7.71. The number of pyridine rings is 1. The Morgan fingerprint density at radius 1 is 1.14 bits per heavy atom. The van der Waals surface area contributed by atoms with Gasteiger partial charge in [0.2, 0.25) is 0 Å². The first-order chi connectivity index (χ1) is 13.8. The van der Waals surface area contributed by atoms with Gasteiger partial charge in [0, 0.05) is 5.56 Å². The summed E-state index contributed by atoms with van der Waals surface area (Å²) in [6.07, 6.45) is -5.64. The molecule has 2 aromatic rings. The Labute approximate surface area is 171 Å². The Kier molecular flexibility index (Phi) is 5.84. The van der Waals surface area contributed by atoms with Crippen LogP contribution in [-0.4, -0.2) is 51.9 Å². The molecule has 0 aliphatic carbocycles. The average Bonchev–Trinajstić information content (AvgIpc) is 2.73. The third-order valence-corrected chi connectivity index (χ3v) is 5.18. The number of nitrogens with zero attached hydrogens (tertiary/aromatic N) is 3. The highest BCUT2D eigenvalue weighted by atomic mass is 32.1. The second-order valence-corrected chi connectivity index (χ2v) is 6.80. The number of methoxy groups -OCH3 is 1. The first-order valence-electron chi connectivity index (χ1n) is 8.54. The van der Waals surface area contributed by atoms with Crippen molar-refractivity contribution in [2.75, 3.05) is 19.5 Å². The lowest BCUT2D eigenvalue weighted by Crippen LogP contribution is -2.51. The molecule has 10 heteroatoms. The smallest absolute Gasteiger partial charge is 0.165 e. The summed E-state index contributed by atoms with van der Waals surface area (Å²) in [4.78, 5) is 0. The minimum absolute atomic E-state index is 0.00710. The number of hydrogen-bond acceptors (Lipinski definition) is 9. The Morgan fingerprint density at radius 2 is 1.76 bits per heavy atom.